The molecule has 11 nitrogen and oxygen atoms in total. The molecule has 3 amide bonds. The van der Waals surface area contributed by atoms with E-state index in [-0.39, 0.29) is 18.8 Å². The Labute approximate surface area is 191 Å². The molecule has 12 heteroatoms. The lowest BCUT2D eigenvalue weighted by molar-refractivity contribution is -0.145. The highest BCUT2D eigenvalue weighted by atomic mass is 32.2. The molecule has 0 bridgehead atoms. The number of aliphatic carboxylic acids is 2. The van der Waals surface area contributed by atoms with E-state index < -0.39 is 60.2 Å². The average molecular weight is 475 g/mol. The second kappa shape index (κ2) is 13.3. The molecule has 0 aromatic heterocycles. The van der Waals surface area contributed by atoms with Crippen molar-refractivity contribution in [2.45, 2.75) is 70.1 Å². The maximum Gasteiger partial charge on any atom is 0.326 e. The van der Waals surface area contributed by atoms with E-state index in [9.17, 15) is 29.1 Å². The maximum absolute atomic E-state index is 13.2. The Hall–Kier alpha value is -2.34. The monoisotopic (exact) mass is 474 g/mol. The van der Waals surface area contributed by atoms with E-state index >= 15 is 0 Å². The van der Waals surface area contributed by atoms with Crippen molar-refractivity contribution in [1.82, 2.24) is 15.5 Å². The maximum atomic E-state index is 13.2. The van der Waals surface area contributed by atoms with Crippen molar-refractivity contribution in [3.05, 3.63) is 0 Å². The SMILES string of the molecule is CSCCC(NC(=O)C(N)CC(=O)O)C(=O)N1CCCC1C(=O)NC(CC(C)C)C(=O)O. The number of thioether (sulfide) groups is 1. The third-order valence-electron chi connectivity index (χ3n) is 5.12. The van der Waals surface area contributed by atoms with Gasteiger partial charge in [0.2, 0.25) is 17.7 Å². The second-order valence-electron chi connectivity index (χ2n) is 8.27. The predicted molar refractivity (Wildman–Crippen MR) is 119 cm³/mol. The van der Waals surface area contributed by atoms with Crippen molar-refractivity contribution in [3.8, 4) is 0 Å². The van der Waals surface area contributed by atoms with Crippen molar-refractivity contribution >= 4 is 41.4 Å². The van der Waals surface area contributed by atoms with Gasteiger partial charge in [-0.3, -0.25) is 19.2 Å². The molecule has 4 unspecified atom stereocenters. The van der Waals surface area contributed by atoms with Gasteiger partial charge in [0, 0.05) is 6.54 Å². The minimum Gasteiger partial charge on any atom is -0.481 e. The summed E-state index contributed by atoms with van der Waals surface area (Å²) in [5.74, 6) is -3.53. The summed E-state index contributed by atoms with van der Waals surface area (Å²) in [4.78, 5) is 61.9. The smallest absolute Gasteiger partial charge is 0.326 e. The molecule has 4 atom stereocenters. The van der Waals surface area contributed by atoms with Crippen LogP contribution in [0.2, 0.25) is 0 Å². The fourth-order valence-corrected chi connectivity index (χ4v) is 3.99. The Kier molecular flexibility index (Phi) is 11.5. The zero-order valence-corrected chi connectivity index (χ0v) is 19.5. The van der Waals surface area contributed by atoms with Crippen LogP contribution in [0.5, 0.6) is 0 Å². The minimum absolute atomic E-state index is 0.0545. The number of carbonyl (C=O) groups is 5. The molecule has 1 aliphatic rings. The van der Waals surface area contributed by atoms with Crippen molar-refractivity contribution in [2.75, 3.05) is 18.6 Å². The van der Waals surface area contributed by atoms with Crippen LogP contribution in [0.1, 0.15) is 46.0 Å². The summed E-state index contributed by atoms with van der Waals surface area (Å²) in [7, 11) is 0. The van der Waals surface area contributed by atoms with Gasteiger partial charge in [-0.05, 0) is 43.6 Å². The zero-order chi connectivity index (χ0) is 24.4. The third kappa shape index (κ3) is 8.65. The van der Waals surface area contributed by atoms with E-state index in [2.05, 4.69) is 10.6 Å². The summed E-state index contributed by atoms with van der Waals surface area (Å²) in [5, 5.41) is 23.3. The van der Waals surface area contributed by atoms with Crippen molar-refractivity contribution in [3.63, 3.8) is 0 Å². The first kappa shape index (κ1) is 27.7. The van der Waals surface area contributed by atoms with E-state index in [1.807, 2.05) is 20.1 Å². The molecule has 0 aliphatic carbocycles. The van der Waals surface area contributed by atoms with Crippen LogP contribution < -0.4 is 16.4 Å². The predicted octanol–water partition coefficient (Wildman–Crippen LogP) is -0.367. The summed E-state index contributed by atoms with van der Waals surface area (Å²) in [6, 6.07) is -4.16. The van der Waals surface area contributed by atoms with Gasteiger partial charge in [0.05, 0.1) is 12.5 Å². The number of rotatable bonds is 13. The second-order valence-corrected chi connectivity index (χ2v) is 9.25. The van der Waals surface area contributed by atoms with E-state index in [1.165, 1.54) is 16.7 Å². The molecule has 1 aliphatic heterocycles. The average Bonchev–Trinajstić information content (AvgIpc) is 3.18. The molecule has 1 saturated heterocycles. The lowest BCUT2D eigenvalue weighted by Crippen LogP contribution is -2.57. The number of hydrogen-bond acceptors (Lipinski definition) is 7. The molecule has 1 fully saturated rings. The van der Waals surface area contributed by atoms with Crippen LogP contribution in [0.3, 0.4) is 0 Å². The number of nitrogens with two attached hydrogens (primary N) is 1. The normalized spacial score (nSPS) is 18.7. The molecule has 0 radical (unpaired) electrons. The third-order valence-corrected chi connectivity index (χ3v) is 5.76. The summed E-state index contributed by atoms with van der Waals surface area (Å²) in [5.41, 5.74) is 5.60. The number of nitrogens with zero attached hydrogens (tertiary/aromatic N) is 1. The van der Waals surface area contributed by atoms with E-state index in [0.29, 0.717) is 25.1 Å². The van der Waals surface area contributed by atoms with Gasteiger partial charge in [-0.25, -0.2) is 4.79 Å². The van der Waals surface area contributed by atoms with Gasteiger partial charge >= 0.3 is 11.9 Å². The Balaban J connectivity index is 2.93. The quantitative estimate of drug-likeness (QED) is 0.238. The van der Waals surface area contributed by atoms with Crippen LogP contribution in [0.25, 0.3) is 0 Å². The Morgan fingerprint density at radius 1 is 1.12 bits per heavy atom. The number of carboxylic acids is 2. The van der Waals surface area contributed by atoms with E-state index in [1.54, 1.807) is 0 Å². The van der Waals surface area contributed by atoms with Gasteiger partial charge in [-0.15, -0.1) is 0 Å². The first-order valence-corrected chi connectivity index (χ1v) is 12.0. The molecular weight excluding hydrogens is 440 g/mol. The number of carboxylic acid groups (broad SMARTS) is 2. The topological polar surface area (TPSA) is 179 Å². The lowest BCUT2D eigenvalue weighted by Gasteiger charge is -2.30. The number of carbonyl (C=O) groups excluding carboxylic acids is 3. The number of nitrogens with one attached hydrogen (secondary N) is 2. The van der Waals surface area contributed by atoms with Gasteiger partial charge in [0.25, 0.3) is 0 Å². The van der Waals surface area contributed by atoms with Crippen LogP contribution in [-0.4, -0.2) is 87.5 Å². The van der Waals surface area contributed by atoms with Crippen molar-refractivity contribution < 1.29 is 34.2 Å². The molecule has 1 rings (SSSR count). The number of amides is 3. The number of hydrogen-bond donors (Lipinski definition) is 5. The first-order chi connectivity index (χ1) is 15.0. The fraction of sp³-hybridized carbons (Fsp3) is 0.750. The van der Waals surface area contributed by atoms with Crippen LogP contribution in [-0.2, 0) is 24.0 Å². The van der Waals surface area contributed by atoms with Crippen molar-refractivity contribution in [2.24, 2.45) is 11.7 Å². The Morgan fingerprint density at radius 3 is 2.31 bits per heavy atom. The van der Waals surface area contributed by atoms with E-state index in [0.717, 1.165) is 0 Å². The first-order valence-electron chi connectivity index (χ1n) is 10.6. The molecule has 182 valence electrons. The minimum atomic E-state index is -1.30. The molecule has 32 heavy (non-hydrogen) atoms. The van der Waals surface area contributed by atoms with Crippen LogP contribution in [0, 0.1) is 5.92 Å². The van der Waals surface area contributed by atoms with Gasteiger partial charge in [-0.2, -0.15) is 11.8 Å². The standard InChI is InChI=1S/C20H34N4O7S/c1-11(2)9-14(20(30)31)23-18(28)15-5-4-7-24(15)19(29)13(6-8-32-3)22-17(27)12(21)10-16(25)26/h11-15H,4-10,21H2,1-3H3,(H,22,27)(H,23,28)(H,25,26)(H,30,31). The molecule has 6 N–H and O–H groups in total. The Morgan fingerprint density at radius 2 is 1.78 bits per heavy atom. The van der Waals surface area contributed by atoms with Crippen LogP contribution in [0.15, 0.2) is 0 Å². The number of likely N-dealkylation sites (tertiary alicyclic amines) is 1. The summed E-state index contributed by atoms with van der Waals surface area (Å²) < 4.78 is 0. The van der Waals surface area contributed by atoms with E-state index in [4.69, 9.17) is 10.8 Å². The summed E-state index contributed by atoms with van der Waals surface area (Å²) >= 11 is 1.47. The summed E-state index contributed by atoms with van der Waals surface area (Å²) in [6.45, 7) is 3.99. The molecule has 0 saturated carbocycles. The molecule has 0 spiro atoms. The van der Waals surface area contributed by atoms with Gasteiger partial charge in [-0.1, -0.05) is 13.8 Å². The highest BCUT2D eigenvalue weighted by Gasteiger charge is 2.39. The van der Waals surface area contributed by atoms with Gasteiger partial charge in [0.15, 0.2) is 0 Å². The lowest BCUT2D eigenvalue weighted by atomic mass is 10.0. The molecular formula is C20H34N4O7S. The highest BCUT2D eigenvalue weighted by molar-refractivity contribution is 7.98. The largest absolute Gasteiger partial charge is 0.481 e. The zero-order valence-electron chi connectivity index (χ0n) is 18.7. The molecule has 1 heterocycles. The van der Waals surface area contributed by atoms with Crippen molar-refractivity contribution in [1.29, 1.82) is 0 Å². The van der Waals surface area contributed by atoms with Crippen LogP contribution >= 0.6 is 11.8 Å². The molecule has 0 aromatic carbocycles. The highest BCUT2D eigenvalue weighted by Crippen LogP contribution is 2.20. The van der Waals surface area contributed by atoms with Gasteiger partial charge < -0.3 is 31.5 Å². The molecule has 0 aromatic rings. The van der Waals surface area contributed by atoms with Gasteiger partial charge in [0.1, 0.15) is 18.1 Å². The van der Waals surface area contributed by atoms with Crippen LogP contribution in [0.4, 0.5) is 0 Å². The summed E-state index contributed by atoms with van der Waals surface area (Å²) in [6.07, 6.45) is 2.75. The fourth-order valence-electron chi connectivity index (χ4n) is 3.52. The Bertz CT molecular complexity index is 703.